The zero-order valence-corrected chi connectivity index (χ0v) is 15.2. The summed E-state index contributed by atoms with van der Waals surface area (Å²) in [7, 11) is 1.62. The van der Waals surface area contributed by atoms with E-state index in [-0.39, 0.29) is 5.91 Å². The summed E-state index contributed by atoms with van der Waals surface area (Å²) in [6.45, 7) is 2.28. The largest absolute Gasteiger partial charge is 0.497 e. The van der Waals surface area contributed by atoms with E-state index >= 15 is 0 Å². The van der Waals surface area contributed by atoms with Gasteiger partial charge in [-0.15, -0.1) is 0 Å². The summed E-state index contributed by atoms with van der Waals surface area (Å²) in [6, 6.07) is 16.1. The number of hydrogen-bond donors (Lipinski definition) is 1. The second-order valence-corrected chi connectivity index (χ2v) is 5.95. The number of amides is 1. The zero-order valence-electron chi connectivity index (χ0n) is 15.2. The molecule has 0 fully saturated rings. The fourth-order valence-electron chi connectivity index (χ4n) is 2.64. The molecule has 0 saturated heterocycles. The number of oxazole rings is 1. The minimum absolute atomic E-state index is 0.219. The average Bonchev–Trinajstić information content (AvgIpc) is 3.08. The standard InChI is InChI=1S/C21H19N3O3/c1-14-19(24-21(27-14)16-6-8-18(26-2)9-7-16)10-11-23-20(25)17-5-3-4-15(12-17)13-22/h3-9,12H,10-11H2,1-2H3,(H,23,25). The SMILES string of the molecule is COc1ccc(-c2nc(CCNC(=O)c3cccc(C#N)c3)c(C)o2)cc1. The van der Waals surface area contributed by atoms with Crippen LogP contribution in [0.2, 0.25) is 0 Å². The van der Waals surface area contributed by atoms with E-state index < -0.39 is 0 Å². The van der Waals surface area contributed by atoms with Crippen molar-refractivity contribution in [3.63, 3.8) is 0 Å². The molecular weight excluding hydrogens is 342 g/mol. The molecule has 0 saturated carbocycles. The first-order valence-corrected chi connectivity index (χ1v) is 8.50. The van der Waals surface area contributed by atoms with Crippen LogP contribution >= 0.6 is 0 Å². The fourth-order valence-corrected chi connectivity index (χ4v) is 2.64. The molecule has 1 N–H and O–H groups in total. The summed E-state index contributed by atoms with van der Waals surface area (Å²) in [5.74, 6) is 1.81. The lowest BCUT2D eigenvalue weighted by Gasteiger charge is -2.04. The highest BCUT2D eigenvalue weighted by atomic mass is 16.5. The van der Waals surface area contributed by atoms with Gasteiger partial charge >= 0.3 is 0 Å². The number of methoxy groups -OCH3 is 1. The molecule has 1 amide bonds. The van der Waals surface area contributed by atoms with Crippen molar-refractivity contribution in [2.24, 2.45) is 0 Å². The van der Waals surface area contributed by atoms with Gasteiger partial charge in [0.2, 0.25) is 5.89 Å². The first kappa shape index (κ1) is 18.2. The number of nitriles is 1. The molecule has 0 aliphatic carbocycles. The predicted octanol–water partition coefficient (Wildman–Crippen LogP) is 3.50. The second kappa shape index (κ2) is 8.19. The van der Waals surface area contributed by atoms with Gasteiger partial charge in [-0.1, -0.05) is 6.07 Å². The lowest BCUT2D eigenvalue weighted by molar-refractivity contribution is 0.0954. The Kier molecular flexibility index (Phi) is 5.53. The molecule has 0 aliphatic rings. The van der Waals surface area contributed by atoms with E-state index in [9.17, 15) is 4.79 Å². The van der Waals surface area contributed by atoms with Gasteiger partial charge in [0.1, 0.15) is 11.5 Å². The van der Waals surface area contributed by atoms with E-state index in [0.717, 1.165) is 22.8 Å². The Hall–Kier alpha value is -3.59. The summed E-state index contributed by atoms with van der Waals surface area (Å²) in [6.07, 6.45) is 0.551. The van der Waals surface area contributed by atoms with Crippen molar-refractivity contribution < 1.29 is 13.9 Å². The van der Waals surface area contributed by atoms with E-state index in [2.05, 4.69) is 10.3 Å². The molecule has 0 aliphatic heterocycles. The highest BCUT2D eigenvalue weighted by Crippen LogP contribution is 2.24. The minimum Gasteiger partial charge on any atom is -0.497 e. The van der Waals surface area contributed by atoms with Gasteiger partial charge < -0.3 is 14.5 Å². The quantitative estimate of drug-likeness (QED) is 0.726. The summed E-state index contributed by atoms with van der Waals surface area (Å²) >= 11 is 0. The van der Waals surface area contributed by atoms with Gasteiger partial charge in [-0.05, 0) is 49.4 Å². The maximum absolute atomic E-state index is 12.2. The average molecular weight is 361 g/mol. The molecule has 6 nitrogen and oxygen atoms in total. The number of ether oxygens (including phenoxy) is 1. The van der Waals surface area contributed by atoms with Crippen molar-refractivity contribution in [1.29, 1.82) is 5.26 Å². The Morgan fingerprint density at radius 1 is 1.26 bits per heavy atom. The normalized spacial score (nSPS) is 10.3. The summed E-state index contributed by atoms with van der Waals surface area (Å²) in [5, 5.41) is 11.8. The van der Waals surface area contributed by atoms with Crippen LogP contribution in [0.1, 0.15) is 27.4 Å². The zero-order chi connectivity index (χ0) is 19.2. The smallest absolute Gasteiger partial charge is 0.251 e. The lowest BCUT2D eigenvalue weighted by Crippen LogP contribution is -2.25. The maximum atomic E-state index is 12.2. The Morgan fingerprint density at radius 2 is 2.04 bits per heavy atom. The molecule has 0 radical (unpaired) electrons. The number of benzene rings is 2. The lowest BCUT2D eigenvalue weighted by atomic mass is 10.1. The van der Waals surface area contributed by atoms with Crippen molar-refractivity contribution in [2.75, 3.05) is 13.7 Å². The first-order chi connectivity index (χ1) is 13.1. The van der Waals surface area contributed by atoms with Crippen molar-refractivity contribution in [1.82, 2.24) is 10.3 Å². The summed E-state index contributed by atoms with van der Waals surface area (Å²) in [4.78, 5) is 16.7. The Labute approximate surface area is 157 Å². The molecule has 1 aromatic heterocycles. The van der Waals surface area contributed by atoms with Gasteiger partial charge in [-0.25, -0.2) is 4.98 Å². The van der Waals surface area contributed by atoms with E-state index in [4.69, 9.17) is 14.4 Å². The van der Waals surface area contributed by atoms with E-state index in [1.807, 2.05) is 37.3 Å². The van der Waals surface area contributed by atoms with Crippen LogP contribution in [0.5, 0.6) is 5.75 Å². The highest BCUT2D eigenvalue weighted by molar-refractivity contribution is 5.94. The van der Waals surface area contributed by atoms with Gasteiger partial charge in [0, 0.05) is 24.1 Å². The van der Waals surface area contributed by atoms with Gasteiger partial charge in [0.05, 0.1) is 24.4 Å². The second-order valence-electron chi connectivity index (χ2n) is 5.95. The number of carbonyl (C=O) groups is 1. The molecule has 0 unspecified atom stereocenters. The molecule has 136 valence electrons. The molecular formula is C21H19N3O3. The molecule has 0 spiro atoms. The highest BCUT2D eigenvalue weighted by Gasteiger charge is 2.12. The Balaban J connectivity index is 1.62. The van der Waals surface area contributed by atoms with E-state index in [1.54, 1.807) is 31.4 Å². The van der Waals surface area contributed by atoms with Crippen LogP contribution < -0.4 is 10.1 Å². The monoisotopic (exact) mass is 361 g/mol. The molecule has 0 bridgehead atoms. The van der Waals surface area contributed by atoms with Crippen molar-refractivity contribution in [3.05, 3.63) is 71.1 Å². The predicted molar refractivity (Wildman–Crippen MR) is 100 cm³/mol. The third-order valence-corrected chi connectivity index (χ3v) is 4.13. The van der Waals surface area contributed by atoms with Crippen molar-refractivity contribution >= 4 is 5.91 Å². The molecule has 2 aromatic carbocycles. The number of nitrogens with one attached hydrogen (secondary N) is 1. The third-order valence-electron chi connectivity index (χ3n) is 4.13. The van der Waals surface area contributed by atoms with Crippen LogP contribution in [-0.4, -0.2) is 24.5 Å². The van der Waals surface area contributed by atoms with Gasteiger partial charge in [0.15, 0.2) is 0 Å². The molecule has 0 atom stereocenters. The molecule has 3 rings (SSSR count). The Bertz CT molecular complexity index is 985. The third kappa shape index (κ3) is 4.33. The first-order valence-electron chi connectivity index (χ1n) is 8.50. The topological polar surface area (TPSA) is 88.1 Å². The van der Waals surface area contributed by atoms with Crippen LogP contribution in [0.15, 0.2) is 52.9 Å². The van der Waals surface area contributed by atoms with E-state index in [0.29, 0.717) is 30.0 Å². The maximum Gasteiger partial charge on any atom is 0.251 e. The van der Waals surface area contributed by atoms with Crippen LogP contribution in [0, 0.1) is 18.3 Å². The number of rotatable bonds is 6. The van der Waals surface area contributed by atoms with Gasteiger partial charge in [-0.3, -0.25) is 4.79 Å². The molecule has 6 heteroatoms. The number of aryl methyl sites for hydroxylation is 1. The van der Waals surface area contributed by atoms with Crippen LogP contribution in [-0.2, 0) is 6.42 Å². The van der Waals surface area contributed by atoms with Crippen LogP contribution in [0.4, 0.5) is 0 Å². The van der Waals surface area contributed by atoms with Gasteiger partial charge in [-0.2, -0.15) is 5.26 Å². The molecule has 1 heterocycles. The van der Waals surface area contributed by atoms with Crippen molar-refractivity contribution in [3.8, 4) is 23.3 Å². The Morgan fingerprint density at radius 3 is 2.74 bits per heavy atom. The van der Waals surface area contributed by atoms with E-state index in [1.165, 1.54) is 0 Å². The minimum atomic E-state index is -0.219. The number of nitrogens with zero attached hydrogens (tertiary/aromatic N) is 2. The fraction of sp³-hybridized carbons (Fsp3) is 0.190. The molecule has 3 aromatic rings. The number of hydrogen-bond acceptors (Lipinski definition) is 5. The summed E-state index contributed by atoms with van der Waals surface area (Å²) < 4.78 is 10.9. The van der Waals surface area contributed by atoms with Crippen LogP contribution in [0.3, 0.4) is 0 Å². The van der Waals surface area contributed by atoms with Crippen molar-refractivity contribution in [2.45, 2.75) is 13.3 Å². The number of aromatic nitrogens is 1. The molecule has 27 heavy (non-hydrogen) atoms. The van der Waals surface area contributed by atoms with Crippen LogP contribution in [0.25, 0.3) is 11.5 Å². The van der Waals surface area contributed by atoms with Gasteiger partial charge in [0.25, 0.3) is 5.91 Å². The summed E-state index contributed by atoms with van der Waals surface area (Å²) in [5.41, 5.74) is 2.58. The number of carbonyl (C=O) groups excluding carboxylic acids is 1.